The second-order valence-corrected chi connectivity index (χ2v) is 7.50. The zero-order valence-electron chi connectivity index (χ0n) is 17.1. The first-order valence-electron chi connectivity index (χ1n) is 10.2. The molecule has 1 aromatic heterocycles. The molecule has 1 aliphatic rings. The molecule has 7 nitrogen and oxygen atoms in total. The Kier molecular flexibility index (Phi) is 6.18. The number of carbonyl (C=O) groups is 1. The standard InChI is InChI=1S/C23H26N2O5/c1-28-18-7-4-6-17(14-18)15-24(16-19-8-5-13-29-19)22(26)11-12-25-20-9-2-3-10-21(20)30-23(25)27/h2-4,6-7,9-10,14,19H,5,8,11-13,15-16H2,1H3. The lowest BCUT2D eigenvalue weighted by atomic mass is 10.1. The first-order valence-corrected chi connectivity index (χ1v) is 10.2. The number of ether oxygens (including phenoxy) is 2. The average Bonchev–Trinajstić information content (AvgIpc) is 3.38. The predicted molar refractivity (Wildman–Crippen MR) is 112 cm³/mol. The van der Waals surface area contributed by atoms with Crippen LogP contribution in [0, 0.1) is 0 Å². The summed E-state index contributed by atoms with van der Waals surface area (Å²) in [6.07, 6.45) is 2.23. The van der Waals surface area contributed by atoms with Gasteiger partial charge in [-0.2, -0.15) is 0 Å². The summed E-state index contributed by atoms with van der Waals surface area (Å²) in [6, 6.07) is 15.0. The Morgan fingerprint density at radius 3 is 2.90 bits per heavy atom. The fourth-order valence-corrected chi connectivity index (χ4v) is 3.87. The van der Waals surface area contributed by atoms with Gasteiger partial charge in [0.1, 0.15) is 5.75 Å². The molecule has 0 saturated carbocycles. The molecule has 7 heteroatoms. The van der Waals surface area contributed by atoms with Gasteiger partial charge in [-0.3, -0.25) is 9.36 Å². The van der Waals surface area contributed by atoms with Crippen molar-refractivity contribution in [3.05, 3.63) is 64.6 Å². The maximum absolute atomic E-state index is 13.1. The molecule has 1 fully saturated rings. The Bertz CT molecular complexity index is 1060. The summed E-state index contributed by atoms with van der Waals surface area (Å²) in [4.78, 5) is 27.1. The van der Waals surface area contributed by atoms with E-state index >= 15 is 0 Å². The monoisotopic (exact) mass is 410 g/mol. The first kappa shape index (κ1) is 20.2. The summed E-state index contributed by atoms with van der Waals surface area (Å²) >= 11 is 0. The van der Waals surface area contributed by atoms with E-state index in [2.05, 4.69) is 0 Å². The zero-order chi connectivity index (χ0) is 20.9. The number of aryl methyl sites for hydroxylation is 1. The van der Waals surface area contributed by atoms with Crippen LogP contribution in [-0.2, 0) is 22.6 Å². The molecule has 30 heavy (non-hydrogen) atoms. The van der Waals surface area contributed by atoms with Gasteiger partial charge in [0.25, 0.3) is 0 Å². The number of benzene rings is 2. The quantitative estimate of drug-likeness (QED) is 0.570. The van der Waals surface area contributed by atoms with Gasteiger partial charge in [0.2, 0.25) is 5.91 Å². The number of fused-ring (bicyclic) bond motifs is 1. The van der Waals surface area contributed by atoms with E-state index in [4.69, 9.17) is 13.9 Å². The van der Waals surface area contributed by atoms with E-state index in [0.29, 0.717) is 24.2 Å². The van der Waals surface area contributed by atoms with Gasteiger partial charge in [-0.05, 0) is 42.7 Å². The molecule has 2 aromatic carbocycles. The molecule has 1 amide bonds. The van der Waals surface area contributed by atoms with Crippen molar-refractivity contribution in [2.75, 3.05) is 20.3 Å². The maximum atomic E-state index is 13.1. The lowest BCUT2D eigenvalue weighted by Gasteiger charge is -2.26. The van der Waals surface area contributed by atoms with E-state index in [1.807, 2.05) is 47.4 Å². The van der Waals surface area contributed by atoms with Crippen molar-refractivity contribution in [1.29, 1.82) is 0 Å². The highest BCUT2D eigenvalue weighted by Gasteiger charge is 2.23. The predicted octanol–water partition coefficient (Wildman–Crippen LogP) is 3.20. The van der Waals surface area contributed by atoms with Crippen LogP contribution in [0.3, 0.4) is 0 Å². The lowest BCUT2D eigenvalue weighted by Crippen LogP contribution is -2.37. The van der Waals surface area contributed by atoms with Crippen molar-refractivity contribution in [1.82, 2.24) is 9.47 Å². The Balaban J connectivity index is 1.49. The highest BCUT2D eigenvalue weighted by Crippen LogP contribution is 2.19. The minimum absolute atomic E-state index is 0.0227. The number of methoxy groups -OCH3 is 1. The highest BCUT2D eigenvalue weighted by molar-refractivity contribution is 5.77. The van der Waals surface area contributed by atoms with Gasteiger partial charge in [0.15, 0.2) is 5.58 Å². The summed E-state index contributed by atoms with van der Waals surface area (Å²) in [5.41, 5.74) is 2.22. The number of para-hydroxylation sites is 2. The molecule has 0 N–H and O–H groups in total. The van der Waals surface area contributed by atoms with Crippen molar-refractivity contribution >= 4 is 17.0 Å². The fourth-order valence-electron chi connectivity index (χ4n) is 3.87. The van der Waals surface area contributed by atoms with Crippen molar-refractivity contribution in [3.63, 3.8) is 0 Å². The average molecular weight is 410 g/mol. The van der Waals surface area contributed by atoms with E-state index in [9.17, 15) is 9.59 Å². The molecule has 0 spiro atoms. The topological polar surface area (TPSA) is 73.9 Å². The van der Waals surface area contributed by atoms with Gasteiger partial charge in [0, 0.05) is 32.7 Å². The van der Waals surface area contributed by atoms with Crippen LogP contribution in [0.1, 0.15) is 24.8 Å². The number of carbonyl (C=O) groups excluding carboxylic acids is 1. The SMILES string of the molecule is COc1cccc(CN(CC2CCCO2)C(=O)CCn2c(=O)oc3ccccc32)c1. The molecule has 4 rings (SSSR count). The van der Waals surface area contributed by atoms with E-state index in [-0.39, 0.29) is 25.0 Å². The minimum Gasteiger partial charge on any atom is -0.497 e. The van der Waals surface area contributed by atoms with Crippen LogP contribution in [0.4, 0.5) is 0 Å². The number of amides is 1. The van der Waals surface area contributed by atoms with Crippen molar-refractivity contribution in [2.45, 2.75) is 38.5 Å². The molecule has 3 aromatic rings. The third-order valence-electron chi connectivity index (χ3n) is 5.43. The van der Waals surface area contributed by atoms with E-state index in [1.54, 1.807) is 13.2 Å². The van der Waals surface area contributed by atoms with Crippen LogP contribution >= 0.6 is 0 Å². The number of hydrogen-bond donors (Lipinski definition) is 0. The van der Waals surface area contributed by atoms with Crippen LogP contribution in [-0.4, -0.2) is 41.7 Å². The van der Waals surface area contributed by atoms with Gasteiger partial charge < -0.3 is 18.8 Å². The Hall–Kier alpha value is -3.06. The molecular weight excluding hydrogens is 384 g/mol. The largest absolute Gasteiger partial charge is 0.497 e. The zero-order valence-corrected chi connectivity index (χ0v) is 17.1. The Labute approximate surface area is 174 Å². The number of aromatic nitrogens is 1. The molecule has 1 atom stereocenters. The van der Waals surface area contributed by atoms with Gasteiger partial charge in [0.05, 0.1) is 18.7 Å². The van der Waals surface area contributed by atoms with E-state index in [1.165, 1.54) is 4.57 Å². The normalized spacial score (nSPS) is 16.1. The van der Waals surface area contributed by atoms with Crippen molar-refractivity contribution in [2.24, 2.45) is 0 Å². The van der Waals surface area contributed by atoms with Crippen LogP contribution in [0.5, 0.6) is 5.75 Å². The second kappa shape index (κ2) is 9.17. The fraction of sp³-hybridized carbons (Fsp3) is 0.391. The van der Waals surface area contributed by atoms with Gasteiger partial charge in [-0.25, -0.2) is 4.79 Å². The number of nitrogens with zero attached hydrogens (tertiary/aromatic N) is 2. The van der Waals surface area contributed by atoms with E-state index < -0.39 is 5.76 Å². The molecule has 0 radical (unpaired) electrons. The molecule has 1 unspecified atom stereocenters. The number of hydrogen-bond acceptors (Lipinski definition) is 5. The minimum atomic E-state index is -0.442. The number of oxazole rings is 1. The molecule has 1 saturated heterocycles. The molecular formula is C23H26N2O5. The van der Waals surface area contributed by atoms with Gasteiger partial charge >= 0.3 is 5.76 Å². The highest BCUT2D eigenvalue weighted by atomic mass is 16.5. The first-order chi connectivity index (χ1) is 14.6. The summed E-state index contributed by atoms with van der Waals surface area (Å²) in [7, 11) is 1.63. The van der Waals surface area contributed by atoms with E-state index in [0.717, 1.165) is 30.8 Å². The van der Waals surface area contributed by atoms with Crippen molar-refractivity contribution in [3.8, 4) is 5.75 Å². The van der Waals surface area contributed by atoms with Crippen LogP contribution in [0.15, 0.2) is 57.7 Å². The van der Waals surface area contributed by atoms with Gasteiger partial charge in [-0.1, -0.05) is 24.3 Å². The molecule has 0 bridgehead atoms. The lowest BCUT2D eigenvalue weighted by molar-refractivity contribution is -0.133. The Morgan fingerprint density at radius 2 is 2.10 bits per heavy atom. The maximum Gasteiger partial charge on any atom is 0.419 e. The van der Waals surface area contributed by atoms with Crippen molar-refractivity contribution < 1.29 is 18.7 Å². The number of rotatable bonds is 8. The van der Waals surface area contributed by atoms with Gasteiger partial charge in [-0.15, -0.1) is 0 Å². The Morgan fingerprint density at radius 1 is 1.23 bits per heavy atom. The van der Waals surface area contributed by atoms with Crippen LogP contribution < -0.4 is 10.5 Å². The third-order valence-corrected chi connectivity index (χ3v) is 5.43. The third kappa shape index (κ3) is 4.57. The molecule has 1 aliphatic heterocycles. The van der Waals surface area contributed by atoms with Crippen LogP contribution in [0.2, 0.25) is 0 Å². The summed E-state index contributed by atoms with van der Waals surface area (Å²) in [5, 5.41) is 0. The summed E-state index contributed by atoms with van der Waals surface area (Å²) in [5.74, 6) is 0.293. The summed E-state index contributed by atoms with van der Waals surface area (Å²) in [6.45, 7) is 2.02. The molecule has 158 valence electrons. The smallest absolute Gasteiger partial charge is 0.419 e. The van der Waals surface area contributed by atoms with Crippen LogP contribution in [0.25, 0.3) is 11.1 Å². The molecule has 0 aliphatic carbocycles. The molecule has 2 heterocycles. The second-order valence-electron chi connectivity index (χ2n) is 7.50. The summed E-state index contributed by atoms with van der Waals surface area (Å²) < 4.78 is 17.8.